The van der Waals surface area contributed by atoms with Crippen LogP contribution >= 0.6 is 23.1 Å². The molecule has 0 fully saturated rings. The van der Waals surface area contributed by atoms with E-state index in [1.807, 2.05) is 23.1 Å². The summed E-state index contributed by atoms with van der Waals surface area (Å²) in [6.45, 7) is 0. The first-order chi connectivity index (χ1) is 35.2. The first-order valence-corrected chi connectivity index (χ1v) is 26.1. The monoisotopic (exact) mass is 938 g/mol. The highest BCUT2D eigenvalue weighted by atomic mass is 32.2. The summed E-state index contributed by atoms with van der Waals surface area (Å²) in [5.41, 5.74) is 20.9. The Bertz CT molecular complexity index is 4490. The van der Waals surface area contributed by atoms with Crippen LogP contribution in [0.5, 0.6) is 0 Å². The number of thiophene rings is 1. The van der Waals surface area contributed by atoms with Gasteiger partial charge in [-0.15, -0.1) is 23.1 Å². The summed E-state index contributed by atoms with van der Waals surface area (Å²) in [5.74, 6) is 1.02. The number of para-hydroxylation sites is 2. The molecule has 71 heavy (non-hydrogen) atoms. The Morgan fingerprint density at radius 3 is 1.41 bits per heavy atom. The topological polar surface area (TPSA) is 9.86 Å². The van der Waals surface area contributed by atoms with Gasteiger partial charge in [0.15, 0.2) is 0 Å². The Hall–Kier alpha value is -8.41. The quantitative estimate of drug-likeness (QED) is 0.161. The van der Waals surface area contributed by atoms with Gasteiger partial charge in [0.1, 0.15) is 0 Å². The number of rotatable bonds is 6. The van der Waals surface area contributed by atoms with Crippen LogP contribution in [-0.2, 0) is 5.75 Å². The highest BCUT2D eigenvalue weighted by molar-refractivity contribution is 7.98. The molecule has 3 aromatic heterocycles. The molecule has 0 amide bonds. The van der Waals surface area contributed by atoms with Gasteiger partial charge in [-0.25, -0.2) is 0 Å². The van der Waals surface area contributed by atoms with Crippen molar-refractivity contribution in [1.82, 2.24) is 9.13 Å². The standard InChI is InChI=1S/C67H42N2S2/c1-2-19-53-50(12-1)41-70-65-32-28-48(39-59(53)65)44-15-10-17-51(35-44)68-61-23-6-3-20-54(61)57-37-46(26-30-63(57)68)42-13-9-14-43(34-42)47-27-31-64-58(38-47)55-21-4-7-24-62(55)69(64)52-18-11-16-45(36-52)49-29-33-67-60(40-49)56-22-5-8-25-66(56)71-67/h1-40H,41H2. The van der Waals surface area contributed by atoms with Crippen LogP contribution in [0, 0.1) is 0 Å². The van der Waals surface area contributed by atoms with Gasteiger partial charge in [0.2, 0.25) is 0 Å². The smallest absolute Gasteiger partial charge is 0.0541 e. The third-order valence-electron chi connectivity index (χ3n) is 14.8. The average Bonchev–Trinajstić information content (AvgIpc) is 4.10. The van der Waals surface area contributed by atoms with E-state index in [1.165, 1.54) is 130 Å². The molecule has 2 nitrogen and oxygen atoms in total. The van der Waals surface area contributed by atoms with E-state index in [0.717, 1.165) is 17.1 Å². The molecule has 0 saturated carbocycles. The maximum absolute atomic E-state index is 2.44. The van der Waals surface area contributed by atoms with Gasteiger partial charge in [-0.1, -0.05) is 146 Å². The third-order valence-corrected chi connectivity index (χ3v) is 17.1. The summed E-state index contributed by atoms with van der Waals surface area (Å²) in [4.78, 5) is 1.35. The normalized spacial score (nSPS) is 12.4. The molecule has 0 unspecified atom stereocenters. The lowest BCUT2D eigenvalue weighted by Gasteiger charge is -2.20. The van der Waals surface area contributed by atoms with E-state index in [1.54, 1.807) is 0 Å². The van der Waals surface area contributed by atoms with Crippen LogP contribution in [0.4, 0.5) is 0 Å². The van der Waals surface area contributed by atoms with Gasteiger partial charge in [-0.05, 0) is 158 Å². The molecule has 0 aliphatic carbocycles. The number of nitrogens with zero attached hydrogens (tertiary/aromatic N) is 2. The van der Waals surface area contributed by atoms with Crippen LogP contribution in [0.3, 0.4) is 0 Å². The second-order valence-electron chi connectivity index (χ2n) is 18.8. The van der Waals surface area contributed by atoms with Gasteiger partial charge in [-0.3, -0.25) is 0 Å². The zero-order chi connectivity index (χ0) is 46.6. The van der Waals surface area contributed by atoms with Crippen molar-refractivity contribution in [3.63, 3.8) is 0 Å². The fourth-order valence-corrected chi connectivity index (χ4v) is 13.5. The van der Waals surface area contributed by atoms with E-state index >= 15 is 0 Å². The minimum absolute atomic E-state index is 1.02. The molecule has 1 aliphatic heterocycles. The largest absolute Gasteiger partial charge is 0.309 e. The molecule has 0 saturated heterocycles. The first kappa shape index (κ1) is 40.5. The Morgan fingerprint density at radius 1 is 0.282 bits per heavy atom. The highest BCUT2D eigenvalue weighted by Gasteiger charge is 2.20. The molecule has 14 aromatic rings. The van der Waals surface area contributed by atoms with Crippen molar-refractivity contribution in [2.24, 2.45) is 0 Å². The molecule has 1 aliphatic rings. The molecule has 11 aromatic carbocycles. The number of benzene rings is 11. The van der Waals surface area contributed by atoms with Crippen LogP contribution in [0.1, 0.15) is 5.56 Å². The van der Waals surface area contributed by atoms with Crippen LogP contribution < -0.4 is 0 Å². The SMILES string of the molecule is c1cc(-c2ccc3c(c2)c2ccccc2n3-c2cccc(-c3ccc4c(c3)-c3ccccc3CS4)c2)cc(-c2ccc3c(c2)c2ccccc2n3-c2cccc(-c3ccc4sc5ccccc5c4c3)c2)c1. The lowest BCUT2D eigenvalue weighted by Crippen LogP contribution is -1.97. The van der Waals surface area contributed by atoms with E-state index in [0.29, 0.717) is 0 Å². The van der Waals surface area contributed by atoms with Gasteiger partial charge >= 0.3 is 0 Å². The predicted octanol–water partition coefficient (Wildman–Crippen LogP) is 19.2. The maximum Gasteiger partial charge on any atom is 0.0541 e. The number of hydrogen-bond acceptors (Lipinski definition) is 2. The molecule has 332 valence electrons. The first-order valence-electron chi connectivity index (χ1n) is 24.3. The average molecular weight is 939 g/mol. The zero-order valence-corrected chi connectivity index (χ0v) is 40.1. The maximum atomic E-state index is 2.44. The van der Waals surface area contributed by atoms with Crippen LogP contribution in [0.2, 0.25) is 0 Å². The molecule has 0 N–H and O–H groups in total. The fourth-order valence-electron chi connectivity index (χ4n) is 11.4. The zero-order valence-electron chi connectivity index (χ0n) is 38.5. The van der Waals surface area contributed by atoms with Gasteiger partial charge < -0.3 is 9.13 Å². The molecule has 0 atom stereocenters. The summed E-state index contributed by atoms with van der Waals surface area (Å²) >= 11 is 3.80. The predicted molar refractivity (Wildman–Crippen MR) is 305 cm³/mol. The molecule has 0 radical (unpaired) electrons. The summed E-state index contributed by atoms with van der Waals surface area (Å²) in [6, 6.07) is 90.3. The number of aromatic nitrogens is 2. The van der Waals surface area contributed by atoms with Crippen molar-refractivity contribution in [2.75, 3.05) is 0 Å². The van der Waals surface area contributed by atoms with Gasteiger partial charge in [-0.2, -0.15) is 0 Å². The summed E-state index contributed by atoms with van der Waals surface area (Å²) in [6.07, 6.45) is 0. The minimum Gasteiger partial charge on any atom is -0.309 e. The Morgan fingerprint density at radius 2 is 0.746 bits per heavy atom. The molecule has 4 heterocycles. The van der Waals surface area contributed by atoms with Gasteiger partial charge in [0.05, 0.1) is 22.1 Å². The van der Waals surface area contributed by atoms with Crippen molar-refractivity contribution in [2.45, 2.75) is 10.6 Å². The van der Waals surface area contributed by atoms with Gasteiger partial charge in [0, 0.05) is 63.7 Å². The lowest BCUT2D eigenvalue weighted by atomic mass is 9.95. The van der Waals surface area contributed by atoms with Crippen molar-refractivity contribution in [3.8, 4) is 67.0 Å². The van der Waals surface area contributed by atoms with E-state index in [2.05, 4.69) is 252 Å². The lowest BCUT2D eigenvalue weighted by molar-refractivity contribution is 1.18. The minimum atomic E-state index is 1.02. The molecular weight excluding hydrogens is 897 g/mol. The molecular formula is C67H42N2S2. The van der Waals surface area contributed by atoms with Crippen molar-refractivity contribution in [1.29, 1.82) is 0 Å². The van der Waals surface area contributed by atoms with Crippen LogP contribution in [0.25, 0.3) is 131 Å². The molecule has 4 heteroatoms. The summed E-state index contributed by atoms with van der Waals surface area (Å²) < 4.78 is 7.52. The second-order valence-corrected chi connectivity index (χ2v) is 20.9. The Kier molecular flexibility index (Phi) is 9.17. The number of fused-ring (bicyclic) bond motifs is 12. The van der Waals surface area contributed by atoms with Crippen molar-refractivity contribution in [3.05, 3.63) is 248 Å². The molecule has 0 spiro atoms. The number of thioether (sulfide) groups is 1. The van der Waals surface area contributed by atoms with Crippen molar-refractivity contribution < 1.29 is 0 Å². The molecule has 0 bridgehead atoms. The van der Waals surface area contributed by atoms with E-state index in [-0.39, 0.29) is 0 Å². The third kappa shape index (κ3) is 6.56. The fraction of sp³-hybridized carbons (Fsp3) is 0.0149. The summed E-state index contributed by atoms with van der Waals surface area (Å²) in [7, 11) is 0. The van der Waals surface area contributed by atoms with E-state index in [9.17, 15) is 0 Å². The molecule has 15 rings (SSSR count). The Balaban J connectivity index is 0.785. The van der Waals surface area contributed by atoms with Crippen molar-refractivity contribution >= 4 is 86.9 Å². The van der Waals surface area contributed by atoms with Gasteiger partial charge in [0.25, 0.3) is 0 Å². The highest BCUT2D eigenvalue weighted by Crippen LogP contribution is 2.45. The van der Waals surface area contributed by atoms with Crippen LogP contribution in [0.15, 0.2) is 248 Å². The summed E-state index contributed by atoms with van der Waals surface area (Å²) in [5, 5.41) is 7.63. The second kappa shape index (κ2) is 16.1. The van der Waals surface area contributed by atoms with E-state index < -0.39 is 0 Å². The van der Waals surface area contributed by atoms with Crippen LogP contribution in [-0.4, -0.2) is 9.13 Å². The van der Waals surface area contributed by atoms with E-state index in [4.69, 9.17) is 0 Å². The number of hydrogen-bond donors (Lipinski definition) is 0. The Labute approximate surface area is 419 Å².